The molecule has 2 heterocycles. The zero-order valence-electron chi connectivity index (χ0n) is 16.9. The lowest BCUT2D eigenvalue weighted by atomic mass is 9.93. The molecule has 0 radical (unpaired) electrons. The summed E-state index contributed by atoms with van der Waals surface area (Å²) in [6.45, 7) is 0. The second-order valence-electron chi connectivity index (χ2n) is 8.36. The van der Waals surface area contributed by atoms with Gasteiger partial charge in [0, 0.05) is 38.4 Å². The Kier molecular flexibility index (Phi) is 3.36. The second kappa shape index (κ2) is 6.23. The summed E-state index contributed by atoms with van der Waals surface area (Å²) in [6.07, 6.45) is 5.44. The molecule has 0 fully saturated rings. The molecule has 0 bridgehead atoms. The summed E-state index contributed by atoms with van der Waals surface area (Å²) in [5.41, 5.74) is 11.2. The number of H-pyrrole nitrogens is 2. The summed E-state index contributed by atoms with van der Waals surface area (Å²) < 4.78 is 0. The number of aromatic amines is 2. The Hall–Kier alpha value is -4.04. The smallest absolute Gasteiger partial charge is 0.0471 e. The maximum atomic E-state index is 3.59. The average molecular weight is 396 g/mol. The summed E-state index contributed by atoms with van der Waals surface area (Å²) in [4.78, 5) is 7.17. The van der Waals surface area contributed by atoms with Crippen molar-refractivity contribution in [3.05, 3.63) is 102 Å². The van der Waals surface area contributed by atoms with E-state index in [2.05, 4.69) is 107 Å². The van der Waals surface area contributed by atoms with Crippen molar-refractivity contribution in [1.29, 1.82) is 0 Å². The van der Waals surface area contributed by atoms with E-state index in [4.69, 9.17) is 0 Å². The van der Waals surface area contributed by atoms with Crippen LogP contribution < -0.4 is 0 Å². The number of hydrogen-bond donors (Lipinski definition) is 2. The zero-order valence-corrected chi connectivity index (χ0v) is 16.9. The lowest BCUT2D eigenvalue weighted by molar-refractivity contribution is 1.33. The van der Waals surface area contributed by atoms with E-state index in [1.54, 1.807) is 0 Å². The number of fused-ring (bicyclic) bond motifs is 6. The lowest BCUT2D eigenvalue weighted by Crippen LogP contribution is -1.86. The van der Waals surface area contributed by atoms with Crippen LogP contribution in [0.1, 0.15) is 11.3 Å². The van der Waals surface area contributed by atoms with Crippen LogP contribution in [0.4, 0.5) is 0 Å². The van der Waals surface area contributed by atoms with Crippen LogP contribution in [0.15, 0.2) is 91.0 Å². The van der Waals surface area contributed by atoms with Gasteiger partial charge in [-0.05, 0) is 58.5 Å². The molecule has 1 aliphatic rings. The van der Waals surface area contributed by atoms with E-state index in [9.17, 15) is 0 Å². The molecule has 146 valence electrons. The maximum absolute atomic E-state index is 3.59. The number of rotatable bonds is 2. The quantitative estimate of drug-likeness (QED) is 0.300. The van der Waals surface area contributed by atoms with Gasteiger partial charge in [-0.15, -0.1) is 0 Å². The minimum absolute atomic E-state index is 1.02. The van der Waals surface area contributed by atoms with Gasteiger partial charge < -0.3 is 9.97 Å². The monoisotopic (exact) mass is 396 g/mol. The summed E-state index contributed by atoms with van der Waals surface area (Å²) in [5, 5.41) is 3.88. The van der Waals surface area contributed by atoms with E-state index >= 15 is 0 Å². The highest BCUT2D eigenvalue weighted by atomic mass is 14.7. The number of benzene rings is 4. The number of aromatic nitrogens is 2. The van der Waals surface area contributed by atoms with Crippen LogP contribution in [0, 0.1) is 0 Å². The van der Waals surface area contributed by atoms with Crippen molar-refractivity contribution in [1.82, 2.24) is 9.97 Å². The molecule has 2 N–H and O–H groups in total. The lowest BCUT2D eigenvalue weighted by Gasteiger charge is -2.11. The van der Waals surface area contributed by atoms with Crippen molar-refractivity contribution in [2.45, 2.75) is 6.42 Å². The first-order chi connectivity index (χ1) is 15.3. The van der Waals surface area contributed by atoms with E-state index in [0.717, 1.165) is 6.42 Å². The predicted octanol–water partition coefficient (Wildman–Crippen LogP) is 7.71. The number of allylic oxidation sites excluding steroid dienone is 1. The zero-order chi connectivity index (χ0) is 20.4. The normalized spacial score (nSPS) is 12.9. The van der Waals surface area contributed by atoms with Crippen LogP contribution in [-0.4, -0.2) is 9.97 Å². The van der Waals surface area contributed by atoms with Crippen molar-refractivity contribution < 1.29 is 0 Å². The second-order valence-corrected chi connectivity index (χ2v) is 8.36. The van der Waals surface area contributed by atoms with Crippen molar-refractivity contribution in [2.24, 2.45) is 0 Å². The summed E-state index contributed by atoms with van der Waals surface area (Å²) in [6, 6.07) is 30.8. The Morgan fingerprint density at radius 1 is 0.548 bits per heavy atom. The Morgan fingerprint density at radius 3 is 2.00 bits per heavy atom. The Labute approximate surface area is 179 Å². The molecule has 2 heteroatoms. The van der Waals surface area contributed by atoms with Gasteiger partial charge in [-0.1, -0.05) is 72.8 Å². The van der Waals surface area contributed by atoms with Crippen molar-refractivity contribution in [3.8, 4) is 22.3 Å². The SMILES string of the molecule is C1=Cc2[nH]c3cc(-c4ccccc4-c4ccc5c(c4)[nH]c4ccccc45)ccc3c2C1. The van der Waals surface area contributed by atoms with Crippen LogP contribution in [0.25, 0.3) is 61.0 Å². The van der Waals surface area contributed by atoms with E-state index in [0.29, 0.717) is 0 Å². The van der Waals surface area contributed by atoms with Crippen LogP contribution in [-0.2, 0) is 6.42 Å². The highest BCUT2D eigenvalue weighted by Gasteiger charge is 2.15. The molecule has 7 rings (SSSR count). The first-order valence-corrected chi connectivity index (χ1v) is 10.8. The largest absolute Gasteiger partial charge is 0.355 e. The van der Waals surface area contributed by atoms with Gasteiger partial charge in [0.2, 0.25) is 0 Å². The molecule has 0 saturated carbocycles. The number of para-hydroxylation sites is 1. The fourth-order valence-corrected chi connectivity index (χ4v) is 5.11. The topological polar surface area (TPSA) is 31.6 Å². The van der Waals surface area contributed by atoms with Gasteiger partial charge in [0.1, 0.15) is 0 Å². The first kappa shape index (κ1) is 16.7. The molecule has 0 atom stereocenters. The highest BCUT2D eigenvalue weighted by Crippen LogP contribution is 2.37. The third-order valence-corrected chi connectivity index (χ3v) is 6.60. The Bertz CT molecular complexity index is 1660. The van der Waals surface area contributed by atoms with Gasteiger partial charge in [0.25, 0.3) is 0 Å². The highest BCUT2D eigenvalue weighted by molar-refractivity contribution is 6.08. The minimum atomic E-state index is 1.02. The standard InChI is InChI=1S/C29H20N2/c1-2-7-21(19-13-15-25-23-9-5-11-27(23)31-29(25)17-19)20(6-1)18-12-14-24-22-8-3-4-10-26(22)30-28(24)16-18/h1-8,10-17,30-31H,9H2. The van der Waals surface area contributed by atoms with E-state index in [1.165, 1.54) is 66.2 Å². The Morgan fingerprint density at radius 2 is 1.19 bits per heavy atom. The molecule has 0 unspecified atom stereocenters. The van der Waals surface area contributed by atoms with Crippen molar-refractivity contribution >= 4 is 38.8 Å². The number of nitrogens with one attached hydrogen (secondary N) is 2. The Balaban J connectivity index is 1.40. The van der Waals surface area contributed by atoms with Crippen LogP contribution in [0.5, 0.6) is 0 Å². The summed E-state index contributed by atoms with van der Waals surface area (Å²) in [7, 11) is 0. The summed E-state index contributed by atoms with van der Waals surface area (Å²) >= 11 is 0. The van der Waals surface area contributed by atoms with Crippen LogP contribution >= 0.6 is 0 Å². The number of hydrogen-bond acceptors (Lipinski definition) is 0. The molecule has 0 aliphatic heterocycles. The van der Waals surface area contributed by atoms with E-state index < -0.39 is 0 Å². The van der Waals surface area contributed by atoms with Gasteiger partial charge in [0.15, 0.2) is 0 Å². The van der Waals surface area contributed by atoms with Gasteiger partial charge in [-0.25, -0.2) is 0 Å². The first-order valence-electron chi connectivity index (χ1n) is 10.8. The molecular formula is C29H20N2. The van der Waals surface area contributed by atoms with Crippen LogP contribution in [0.3, 0.4) is 0 Å². The molecule has 31 heavy (non-hydrogen) atoms. The van der Waals surface area contributed by atoms with E-state index in [1.807, 2.05) is 0 Å². The minimum Gasteiger partial charge on any atom is -0.355 e. The van der Waals surface area contributed by atoms with Crippen molar-refractivity contribution in [2.75, 3.05) is 0 Å². The molecule has 4 aromatic carbocycles. The molecular weight excluding hydrogens is 376 g/mol. The van der Waals surface area contributed by atoms with Gasteiger partial charge >= 0.3 is 0 Å². The molecule has 2 nitrogen and oxygen atoms in total. The fraction of sp³-hybridized carbons (Fsp3) is 0.0345. The molecule has 0 saturated heterocycles. The van der Waals surface area contributed by atoms with Gasteiger partial charge in [0.05, 0.1) is 0 Å². The average Bonchev–Trinajstić information content (AvgIpc) is 3.50. The maximum Gasteiger partial charge on any atom is 0.0471 e. The molecule has 1 aliphatic carbocycles. The van der Waals surface area contributed by atoms with Gasteiger partial charge in [-0.2, -0.15) is 0 Å². The molecule has 0 amide bonds. The third kappa shape index (κ3) is 2.45. The van der Waals surface area contributed by atoms with E-state index in [-0.39, 0.29) is 0 Å². The fourth-order valence-electron chi connectivity index (χ4n) is 5.11. The molecule has 2 aromatic heterocycles. The summed E-state index contributed by atoms with van der Waals surface area (Å²) in [5.74, 6) is 0. The third-order valence-electron chi connectivity index (χ3n) is 6.60. The van der Waals surface area contributed by atoms with Crippen LogP contribution in [0.2, 0.25) is 0 Å². The van der Waals surface area contributed by atoms with Gasteiger partial charge in [-0.3, -0.25) is 0 Å². The van der Waals surface area contributed by atoms with Crippen molar-refractivity contribution in [3.63, 3.8) is 0 Å². The predicted molar refractivity (Wildman–Crippen MR) is 131 cm³/mol. The molecule has 0 spiro atoms. The molecule has 6 aromatic rings.